The zero-order valence-corrected chi connectivity index (χ0v) is 12.7. The van der Waals surface area contributed by atoms with Crippen molar-refractivity contribution in [2.24, 2.45) is 5.41 Å². The lowest BCUT2D eigenvalue weighted by Gasteiger charge is -2.20. The summed E-state index contributed by atoms with van der Waals surface area (Å²) in [4.78, 5) is 27.0. The van der Waals surface area contributed by atoms with Crippen LogP contribution in [0.15, 0.2) is 30.6 Å². The van der Waals surface area contributed by atoms with Gasteiger partial charge in [-0.1, -0.05) is 13.0 Å². The van der Waals surface area contributed by atoms with Crippen LogP contribution in [0, 0.1) is 5.41 Å². The maximum absolute atomic E-state index is 11.7. The average Bonchev–Trinajstić information content (AvgIpc) is 2.50. The van der Waals surface area contributed by atoms with Gasteiger partial charge in [0.1, 0.15) is 13.2 Å². The summed E-state index contributed by atoms with van der Waals surface area (Å²) >= 11 is 0. The number of ether oxygens (including phenoxy) is 2. The Balaban J connectivity index is 2.26. The Morgan fingerprint density at radius 2 is 2.00 bits per heavy atom. The minimum Gasteiger partial charge on any atom is -0.462 e. The van der Waals surface area contributed by atoms with Gasteiger partial charge in [0.05, 0.1) is 5.41 Å². The first-order valence-corrected chi connectivity index (χ1v) is 6.88. The number of aromatic nitrogens is 1. The van der Waals surface area contributed by atoms with Crippen molar-refractivity contribution in [2.75, 3.05) is 13.2 Å². The minimum absolute atomic E-state index is 0.0434. The molecule has 0 radical (unpaired) electrons. The molecule has 0 unspecified atom stereocenters. The highest BCUT2D eigenvalue weighted by Crippen LogP contribution is 2.21. The second-order valence-electron chi connectivity index (χ2n) is 5.16. The van der Waals surface area contributed by atoms with Crippen LogP contribution in [0.5, 0.6) is 0 Å². The average molecular weight is 291 g/mol. The number of carbonyl (C=O) groups excluding carboxylic acids is 2. The zero-order valence-electron chi connectivity index (χ0n) is 12.7. The fraction of sp³-hybridized carbons (Fsp3) is 0.438. The first-order valence-electron chi connectivity index (χ1n) is 6.88. The van der Waals surface area contributed by atoms with Crippen molar-refractivity contribution >= 4 is 18.0 Å². The Kier molecular flexibility index (Phi) is 6.59. The molecule has 1 aromatic rings. The van der Waals surface area contributed by atoms with Gasteiger partial charge in [-0.3, -0.25) is 9.78 Å². The van der Waals surface area contributed by atoms with E-state index in [-0.39, 0.29) is 19.2 Å². The summed E-state index contributed by atoms with van der Waals surface area (Å²) in [5.74, 6) is -0.767. The van der Waals surface area contributed by atoms with Gasteiger partial charge in [-0.15, -0.1) is 0 Å². The van der Waals surface area contributed by atoms with Crippen LogP contribution in [0.25, 0.3) is 6.08 Å². The van der Waals surface area contributed by atoms with Crippen molar-refractivity contribution in [3.05, 3.63) is 36.2 Å². The van der Waals surface area contributed by atoms with E-state index >= 15 is 0 Å². The van der Waals surface area contributed by atoms with Crippen molar-refractivity contribution in [1.29, 1.82) is 0 Å². The molecule has 1 heterocycles. The first-order chi connectivity index (χ1) is 9.95. The molecular weight excluding hydrogens is 270 g/mol. The van der Waals surface area contributed by atoms with Gasteiger partial charge >= 0.3 is 11.9 Å². The molecule has 0 aromatic carbocycles. The smallest absolute Gasteiger partial charge is 0.330 e. The van der Waals surface area contributed by atoms with Crippen LogP contribution in [0.1, 0.15) is 32.8 Å². The zero-order chi connectivity index (χ0) is 15.7. The predicted molar refractivity (Wildman–Crippen MR) is 79.3 cm³/mol. The van der Waals surface area contributed by atoms with Gasteiger partial charge in [0, 0.05) is 18.5 Å². The maximum Gasteiger partial charge on any atom is 0.330 e. The van der Waals surface area contributed by atoms with Crippen LogP contribution in [0.4, 0.5) is 0 Å². The second kappa shape index (κ2) is 8.19. The van der Waals surface area contributed by atoms with E-state index in [2.05, 4.69) is 4.98 Å². The van der Waals surface area contributed by atoms with Crippen LogP contribution in [0.2, 0.25) is 0 Å². The third-order valence-electron chi connectivity index (χ3n) is 3.09. The molecule has 0 amide bonds. The highest BCUT2D eigenvalue weighted by atomic mass is 16.6. The lowest BCUT2D eigenvalue weighted by molar-refractivity contribution is -0.157. The van der Waals surface area contributed by atoms with Crippen molar-refractivity contribution in [3.8, 4) is 0 Å². The van der Waals surface area contributed by atoms with Gasteiger partial charge < -0.3 is 9.47 Å². The van der Waals surface area contributed by atoms with E-state index in [0.29, 0.717) is 6.42 Å². The fourth-order valence-electron chi connectivity index (χ4n) is 1.30. The fourth-order valence-corrected chi connectivity index (χ4v) is 1.30. The summed E-state index contributed by atoms with van der Waals surface area (Å²) in [5.41, 5.74) is 0.301. The summed E-state index contributed by atoms with van der Waals surface area (Å²) in [6.07, 6.45) is 6.91. The van der Waals surface area contributed by atoms with Gasteiger partial charge in [0.25, 0.3) is 0 Å². The molecule has 0 N–H and O–H groups in total. The molecule has 0 saturated carbocycles. The molecule has 0 fully saturated rings. The lowest BCUT2D eigenvalue weighted by atomic mass is 9.91. The third-order valence-corrected chi connectivity index (χ3v) is 3.09. The van der Waals surface area contributed by atoms with Crippen LogP contribution < -0.4 is 0 Å². The Bertz CT molecular complexity index is 494. The lowest BCUT2D eigenvalue weighted by Crippen LogP contribution is -2.27. The molecule has 0 saturated heterocycles. The Hall–Kier alpha value is -2.17. The topological polar surface area (TPSA) is 65.5 Å². The molecule has 0 aliphatic carbocycles. The van der Waals surface area contributed by atoms with Gasteiger partial charge in [-0.05, 0) is 38.0 Å². The van der Waals surface area contributed by atoms with Gasteiger partial charge in [-0.25, -0.2) is 4.79 Å². The van der Waals surface area contributed by atoms with Crippen LogP contribution >= 0.6 is 0 Å². The molecule has 5 nitrogen and oxygen atoms in total. The predicted octanol–water partition coefficient (Wildman–Crippen LogP) is 2.62. The van der Waals surface area contributed by atoms with Crippen molar-refractivity contribution in [1.82, 2.24) is 4.98 Å². The van der Waals surface area contributed by atoms with Gasteiger partial charge in [0.2, 0.25) is 0 Å². The molecule has 0 spiro atoms. The molecule has 0 atom stereocenters. The Morgan fingerprint density at radius 3 is 2.62 bits per heavy atom. The van der Waals surface area contributed by atoms with E-state index in [1.807, 2.05) is 26.8 Å². The van der Waals surface area contributed by atoms with E-state index in [9.17, 15) is 9.59 Å². The monoisotopic (exact) mass is 291 g/mol. The molecule has 1 aromatic heterocycles. The number of hydrogen-bond acceptors (Lipinski definition) is 5. The van der Waals surface area contributed by atoms with Gasteiger partial charge in [0.15, 0.2) is 0 Å². The number of rotatable bonds is 7. The summed E-state index contributed by atoms with van der Waals surface area (Å²) in [5, 5.41) is 0. The van der Waals surface area contributed by atoms with Crippen molar-refractivity contribution < 1.29 is 19.1 Å². The molecule has 114 valence electrons. The molecule has 0 bridgehead atoms. The largest absolute Gasteiger partial charge is 0.462 e. The summed E-state index contributed by atoms with van der Waals surface area (Å²) in [6, 6.07) is 3.60. The van der Waals surface area contributed by atoms with Gasteiger partial charge in [-0.2, -0.15) is 0 Å². The van der Waals surface area contributed by atoms with Crippen molar-refractivity contribution in [3.63, 3.8) is 0 Å². The highest BCUT2D eigenvalue weighted by molar-refractivity contribution is 5.86. The Labute approximate surface area is 125 Å². The molecule has 0 aliphatic heterocycles. The molecule has 21 heavy (non-hydrogen) atoms. The summed E-state index contributed by atoms with van der Waals surface area (Å²) in [6.45, 7) is 5.66. The van der Waals surface area contributed by atoms with E-state index in [0.717, 1.165) is 5.56 Å². The number of nitrogens with zero attached hydrogens (tertiary/aromatic N) is 1. The Morgan fingerprint density at radius 1 is 1.29 bits per heavy atom. The summed E-state index contributed by atoms with van der Waals surface area (Å²) < 4.78 is 10.00. The van der Waals surface area contributed by atoms with Crippen LogP contribution in [0.3, 0.4) is 0 Å². The molecule has 1 rings (SSSR count). The number of hydrogen-bond donors (Lipinski definition) is 0. The number of pyridine rings is 1. The number of esters is 2. The second-order valence-corrected chi connectivity index (χ2v) is 5.16. The number of carbonyl (C=O) groups is 2. The summed E-state index contributed by atoms with van der Waals surface area (Å²) in [7, 11) is 0. The molecule has 0 aliphatic rings. The molecule has 5 heteroatoms. The van der Waals surface area contributed by atoms with E-state index < -0.39 is 11.4 Å². The normalized spacial score (nSPS) is 11.4. The highest BCUT2D eigenvalue weighted by Gasteiger charge is 2.26. The van der Waals surface area contributed by atoms with Crippen LogP contribution in [-0.4, -0.2) is 30.1 Å². The quantitative estimate of drug-likeness (QED) is 0.439. The third kappa shape index (κ3) is 6.21. The van der Waals surface area contributed by atoms with Crippen LogP contribution in [-0.2, 0) is 19.1 Å². The SMILES string of the molecule is CCC(C)(C)C(=O)OCCOC(=O)/C=C/c1cccnc1. The first kappa shape index (κ1) is 16.9. The minimum atomic E-state index is -0.510. The van der Waals surface area contributed by atoms with Crippen molar-refractivity contribution in [2.45, 2.75) is 27.2 Å². The standard InChI is InChI=1S/C16H21NO4/c1-4-16(2,3)15(19)21-11-10-20-14(18)8-7-13-6-5-9-17-12-13/h5-9,12H,4,10-11H2,1-3H3/b8-7+. The van der Waals surface area contributed by atoms with E-state index in [1.165, 1.54) is 6.08 Å². The van der Waals surface area contributed by atoms with E-state index in [4.69, 9.17) is 9.47 Å². The molecular formula is C16H21NO4. The maximum atomic E-state index is 11.7. The van der Waals surface area contributed by atoms with E-state index in [1.54, 1.807) is 24.5 Å².